The molecule has 24 heavy (non-hydrogen) atoms. The zero-order chi connectivity index (χ0) is 16.4. The van der Waals surface area contributed by atoms with E-state index in [0.29, 0.717) is 5.56 Å². The number of nitrogens with zero attached hydrogens (tertiary/aromatic N) is 3. The van der Waals surface area contributed by atoms with Crippen LogP contribution in [0.1, 0.15) is 23.2 Å². The lowest BCUT2D eigenvalue weighted by molar-refractivity contribution is 0.0931. The van der Waals surface area contributed by atoms with Crippen molar-refractivity contribution in [3.63, 3.8) is 0 Å². The predicted molar refractivity (Wildman–Crippen MR) is 93.0 cm³/mol. The van der Waals surface area contributed by atoms with E-state index in [2.05, 4.69) is 25.2 Å². The van der Waals surface area contributed by atoms with Crippen molar-refractivity contribution in [2.24, 2.45) is 0 Å². The number of aromatic amines is 1. The largest absolute Gasteiger partial charge is 0.357 e. The molecule has 2 N–H and O–H groups in total. The highest BCUT2D eigenvalue weighted by Gasteiger charge is 2.23. The van der Waals surface area contributed by atoms with Gasteiger partial charge in [-0.2, -0.15) is 0 Å². The standard InChI is InChI=1S/C18H19N5O/c24-18(13-4-2-1-3-5-13)22-14-7-10-23(11-8-14)17-16-15(6-9-19-16)20-12-21-17/h1-6,9,12,14,19H,7-8,10-11H2,(H,22,24). The number of amides is 1. The van der Waals surface area contributed by atoms with Crippen LogP contribution in [-0.2, 0) is 0 Å². The van der Waals surface area contributed by atoms with Gasteiger partial charge in [0.1, 0.15) is 11.8 Å². The lowest BCUT2D eigenvalue weighted by Gasteiger charge is -2.33. The zero-order valence-electron chi connectivity index (χ0n) is 13.3. The summed E-state index contributed by atoms with van der Waals surface area (Å²) in [6.45, 7) is 1.73. The van der Waals surface area contributed by atoms with Gasteiger partial charge >= 0.3 is 0 Å². The number of fused-ring (bicyclic) bond motifs is 1. The summed E-state index contributed by atoms with van der Waals surface area (Å²) in [5, 5.41) is 3.13. The summed E-state index contributed by atoms with van der Waals surface area (Å²) in [6, 6.07) is 11.5. The van der Waals surface area contributed by atoms with Crippen molar-refractivity contribution < 1.29 is 4.79 Å². The van der Waals surface area contributed by atoms with E-state index in [4.69, 9.17) is 0 Å². The maximum absolute atomic E-state index is 12.3. The Morgan fingerprint density at radius 2 is 1.92 bits per heavy atom. The Bertz CT molecular complexity index is 837. The molecular weight excluding hydrogens is 302 g/mol. The quantitative estimate of drug-likeness (QED) is 0.776. The minimum absolute atomic E-state index is 0.00263. The molecule has 0 unspecified atom stereocenters. The van der Waals surface area contributed by atoms with E-state index in [1.807, 2.05) is 42.6 Å². The molecule has 0 atom stereocenters. The van der Waals surface area contributed by atoms with Crippen LogP contribution >= 0.6 is 0 Å². The minimum atomic E-state index is 0.00263. The van der Waals surface area contributed by atoms with Gasteiger partial charge in [-0.25, -0.2) is 9.97 Å². The molecule has 0 saturated carbocycles. The smallest absolute Gasteiger partial charge is 0.251 e. The van der Waals surface area contributed by atoms with E-state index in [9.17, 15) is 4.79 Å². The lowest BCUT2D eigenvalue weighted by Crippen LogP contribution is -2.45. The molecule has 0 aliphatic carbocycles. The van der Waals surface area contributed by atoms with Crippen LogP contribution in [0.5, 0.6) is 0 Å². The highest BCUT2D eigenvalue weighted by atomic mass is 16.1. The first-order valence-electron chi connectivity index (χ1n) is 8.20. The molecule has 0 radical (unpaired) electrons. The predicted octanol–water partition coefficient (Wildman–Crippen LogP) is 2.36. The summed E-state index contributed by atoms with van der Waals surface area (Å²) >= 11 is 0. The molecule has 3 heterocycles. The number of carbonyl (C=O) groups is 1. The molecule has 1 aliphatic rings. The third kappa shape index (κ3) is 2.82. The molecule has 4 rings (SSSR count). The maximum Gasteiger partial charge on any atom is 0.251 e. The van der Waals surface area contributed by atoms with Crippen LogP contribution in [0.15, 0.2) is 48.9 Å². The van der Waals surface area contributed by atoms with Gasteiger partial charge in [0.2, 0.25) is 0 Å². The first kappa shape index (κ1) is 14.7. The van der Waals surface area contributed by atoms with Crippen LogP contribution in [0.2, 0.25) is 0 Å². The number of anilines is 1. The fourth-order valence-corrected chi connectivity index (χ4v) is 3.19. The Balaban J connectivity index is 1.40. The van der Waals surface area contributed by atoms with E-state index in [0.717, 1.165) is 42.8 Å². The van der Waals surface area contributed by atoms with Crippen molar-refractivity contribution in [1.82, 2.24) is 20.3 Å². The lowest BCUT2D eigenvalue weighted by atomic mass is 10.0. The monoisotopic (exact) mass is 321 g/mol. The third-order valence-corrected chi connectivity index (χ3v) is 4.49. The van der Waals surface area contributed by atoms with Gasteiger partial charge in [-0.15, -0.1) is 0 Å². The molecule has 1 amide bonds. The summed E-state index contributed by atoms with van der Waals surface area (Å²) in [7, 11) is 0. The number of aromatic nitrogens is 3. The molecule has 6 heteroatoms. The van der Waals surface area contributed by atoms with Gasteiger partial charge in [-0.3, -0.25) is 4.79 Å². The fraction of sp³-hybridized carbons (Fsp3) is 0.278. The summed E-state index contributed by atoms with van der Waals surface area (Å²) in [5.41, 5.74) is 2.62. The number of hydrogen-bond donors (Lipinski definition) is 2. The Kier molecular flexibility index (Phi) is 3.86. The van der Waals surface area contributed by atoms with Crippen LogP contribution in [0.4, 0.5) is 5.82 Å². The number of nitrogens with one attached hydrogen (secondary N) is 2. The number of H-pyrrole nitrogens is 1. The van der Waals surface area contributed by atoms with E-state index in [1.54, 1.807) is 6.33 Å². The topological polar surface area (TPSA) is 73.9 Å². The van der Waals surface area contributed by atoms with Crippen LogP contribution in [0, 0.1) is 0 Å². The van der Waals surface area contributed by atoms with Crippen LogP contribution in [-0.4, -0.2) is 40.0 Å². The molecule has 1 saturated heterocycles. The van der Waals surface area contributed by atoms with Crippen molar-refractivity contribution in [2.45, 2.75) is 18.9 Å². The normalized spacial score (nSPS) is 15.6. The highest BCUT2D eigenvalue weighted by Crippen LogP contribution is 2.24. The summed E-state index contributed by atoms with van der Waals surface area (Å²) in [6.07, 6.45) is 5.31. The van der Waals surface area contributed by atoms with Gasteiger partial charge in [0.15, 0.2) is 5.82 Å². The van der Waals surface area contributed by atoms with Crippen LogP contribution in [0.3, 0.4) is 0 Å². The Labute approximate surface area is 139 Å². The highest BCUT2D eigenvalue weighted by molar-refractivity contribution is 5.94. The second-order valence-corrected chi connectivity index (χ2v) is 6.04. The summed E-state index contributed by atoms with van der Waals surface area (Å²) in [4.78, 5) is 26.4. The number of piperidine rings is 1. The Morgan fingerprint density at radius 3 is 2.71 bits per heavy atom. The second-order valence-electron chi connectivity index (χ2n) is 6.04. The second kappa shape index (κ2) is 6.31. The number of carbonyl (C=O) groups excluding carboxylic acids is 1. The van der Waals surface area contributed by atoms with Crippen molar-refractivity contribution in [2.75, 3.05) is 18.0 Å². The fourth-order valence-electron chi connectivity index (χ4n) is 3.19. The van der Waals surface area contributed by atoms with Gasteiger partial charge in [-0.1, -0.05) is 18.2 Å². The van der Waals surface area contributed by atoms with Gasteiger partial charge in [0, 0.05) is 30.9 Å². The average molecular weight is 321 g/mol. The number of rotatable bonds is 3. The van der Waals surface area contributed by atoms with E-state index in [1.165, 1.54) is 0 Å². The van der Waals surface area contributed by atoms with E-state index in [-0.39, 0.29) is 11.9 Å². The SMILES string of the molecule is O=C(NC1CCN(c2ncnc3cc[nH]c23)CC1)c1ccccc1. The molecule has 6 nitrogen and oxygen atoms in total. The first-order chi connectivity index (χ1) is 11.8. The van der Waals surface area contributed by atoms with Crippen LogP contribution in [0.25, 0.3) is 11.0 Å². The minimum Gasteiger partial charge on any atom is -0.357 e. The molecule has 1 fully saturated rings. The van der Waals surface area contributed by atoms with E-state index < -0.39 is 0 Å². The first-order valence-corrected chi connectivity index (χ1v) is 8.20. The molecule has 3 aromatic rings. The van der Waals surface area contributed by atoms with Gasteiger partial charge in [0.25, 0.3) is 5.91 Å². The molecule has 122 valence electrons. The number of hydrogen-bond acceptors (Lipinski definition) is 4. The number of benzene rings is 1. The molecule has 1 aromatic carbocycles. The zero-order valence-corrected chi connectivity index (χ0v) is 13.3. The molecule has 0 spiro atoms. The summed E-state index contributed by atoms with van der Waals surface area (Å²) < 4.78 is 0. The maximum atomic E-state index is 12.3. The van der Waals surface area contributed by atoms with Gasteiger partial charge < -0.3 is 15.2 Å². The molecule has 1 aliphatic heterocycles. The summed E-state index contributed by atoms with van der Waals surface area (Å²) in [5.74, 6) is 0.945. The van der Waals surface area contributed by atoms with Crippen molar-refractivity contribution >= 4 is 22.8 Å². The average Bonchev–Trinajstić information content (AvgIpc) is 3.12. The van der Waals surface area contributed by atoms with Gasteiger partial charge in [0.05, 0.1) is 5.52 Å². The van der Waals surface area contributed by atoms with Crippen molar-refractivity contribution in [3.8, 4) is 0 Å². The van der Waals surface area contributed by atoms with Crippen LogP contribution < -0.4 is 10.2 Å². The third-order valence-electron chi connectivity index (χ3n) is 4.49. The van der Waals surface area contributed by atoms with Crippen molar-refractivity contribution in [1.29, 1.82) is 0 Å². The molecular formula is C18H19N5O. The van der Waals surface area contributed by atoms with Crippen molar-refractivity contribution in [3.05, 3.63) is 54.5 Å². The van der Waals surface area contributed by atoms with Gasteiger partial charge in [-0.05, 0) is 31.0 Å². The Hall–Kier alpha value is -2.89. The Morgan fingerprint density at radius 1 is 1.12 bits per heavy atom. The molecule has 0 bridgehead atoms. The van der Waals surface area contributed by atoms with E-state index >= 15 is 0 Å². The molecule has 2 aromatic heterocycles.